The minimum Gasteiger partial charge on any atom is -0.465 e. The first-order valence-corrected chi connectivity index (χ1v) is 16.9. The van der Waals surface area contributed by atoms with E-state index in [0.29, 0.717) is 24.3 Å². The van der Waals surface area contributed by atoms with Crippen LogP contribution in [-0.2, 0) is 52.8 Å². The van der Waals surface area contributed by atoms with Gasteiger partial charge in [-0.2, -0.15) is 26.3 Å². The third kappa shape index (κ3) is 9.72. The van der Waals surface area contributed by atoms with Crippen LogP contribution in [0.4, 0.5) is 32.0 Å². The van der Waals surface area contributed by atoms with Crippen LogP contribution in [-0.4, -0.2) is 68.5 Å². The number of alkyl halides is 6. The summed E-state index contributed by atoms with van der Waals surface area (Å²) in [7, 11) is 2.84. The molecule has 0 spiro atoms. The van der Waals surface area contributed by atoms with Gasteiger partial charge in [-0.05, 0) is 78.6 Å². The number of carbonyl (C=O) groups is 5. The van der Waals surface area contributed by atoms with Crippen molar-refractivity contribution in [2.45, 2.75) is 38.0 Å². The zero-order valence-electron chi connectivity index (χ0n) is 30.5. The third-order valence-corrected chi connectivity index (χ3v) is 8.42. The highest BCUT2D eigenvalue weighted by Crippen LogP contribution is 2.36. The lowest BCUT2D eigenvalue weighted by Gasteiger charge is -2.29. The van der Waals surface area contributed by atoms with Gasteiger partial charge in [-0.1, -0.05) is 48.5 Å². The molecule has 0 aliphatic rings. The van der Waals surface area contributed by atoms with Crippen molar-refractivity contribution in [3.8, 4) is 11.1 Å². The number of halogens is 6. The molecule has 16 heteroatoms. The lowest BCUT2D eigenvalue weighted by Crippen LogP contribution is -2.50. The van der Waals surface area contributed by atoms with Gasteiger partial charge in [-0.15, -0.1) is 0 Å². The molecule has 4 rings (SSSR count). The molecule has 0 unspecified atom stereocenters. The number of carbonyl (C=O) groups excluding carboxylic acids is 5. The number of benzene rings is 4. The van der Waals surface area contributed by atoms with Crippen LogP contribution in [0.25, 0.3) is 11.1 Å². The van der Waals surface area contributed by atoms with Crippen LogP contribution < -0.4 is 5.32 Å². The summed E-state index contributed by atoms with van der Waals surface area (Å²) in [5.74, 6) is -4.58. The predicted octanol–water partition coefficient (Wildman–Crippen LogP) is 7.50. The van der Waals surface area contributed by atoms with E-state index in [0.717, 1.165) is 18.2 Å². The Morgan fingerprint density at radius 3 is 1.75 bits per heavy atom. The van der Waals surface area contributed by atoms with Crippen LogP contribution in [0.3, 0.4) is 0 Å². The molecule has 1 N–H and O–H groups in total. The molecular formula is C40H36F6N2O8. The summed E-state index contributed by atoms with van der Waals surface area (Å²) >= 11 is 0. The molecule has 0 atom stereocenters. The number of hydrogen-bond donors (Lipinski definition) is 1. The van der Waals surface area contributed by atoms with Gasteiger partial charge in [-0.25, -0.2) is 0 Å². The highest BCUT2D eigenvalue weighted by Gasteiger charge is 2.52. The quantitative estimate of drug-likeness (QED) is 0.0639. The first-order valence-electron chi connectivity index (χ1n) is 16.9. The number of hydrogen-bond acceptors (Lipinski definition) is 8. The van der Waals surface area contributed by atoms with Gasteiger partial charge < -0.3 is 24.4 Å². The van der Waals surface area contributed by atoms with Gasteiger partial charge in [0, 0.05) is 30.9 Å². The summed E-state index contributed by atoms with van der Waals surface area (Å²) in [6.45, 7) is 2.04. The molecule has 10 nitrogen and oxygen atoms in total. The van der Waals surface area contributed by atoms with Crippen molar-refractivity contribution in [3.63, 3.8) is 0 Å². The molecule has 0 saturated heterocycles. The molecule has 0 aliphatic carbocycles. The highest BCUT2D eigenvalue weighted by molar-refractivity contribution is 6.10. The van der Waals surface area contributed by atoms with Crippen molar-refractivity contribution in [3.05, 3.63) is 124 Å². The number of amides is 2. The van der Waals surface area contributed by atoms with E-state index in [1.54, 1.807) is 18.2 Å². The molecule has 296 valence electrons. The SMILES string of the molecule is CCOC(=O)C(COC(=O)Cc1ccc(NC(=O)c2ccc(C(F)(F)F)cc2-c2ccc(C(F)(F)F)cc2)cc1C(=O)N(C)C)(C(=O)OCC)c1ccccc1. The average Bonchev–Trinajstić information content (AvgIpc) is 3.15. The second-order valence-electron chi connectivity index (χ2n) is 12.4. The summed E-state index contributed by atoms with van der Waals surface area (Å²) in [5, 5.41) is 2.50. The van der Waals surface area contributed by atoms with Crippen LogP contribution in [0.1, 0.15) is 56.8 Å². The second kappa shape index (κ2) is 17.5. The van der Waals surface area contributed by atoms with Gasteiger partial charge >= 0.3 is 30.3 Å². The summed E-state index contributed by atoms with van der Waals surface area (Å²) in [4.78, 5) is 68.0. The molecule has 0 fully saturated rings. The lowest BCUT2D eigenvalue weighted by atomic mass is 9.81. The van der Waals surface area contributed by atoms with E-state index in [9.17, 15) is 50.3 Å². The maximum atomic E-state index is 13.7. The van der Waals surface area contributed by atoms with Crippen LogP contribution in [0, 0.1) is 0 Å². The Labute approximate surface area is 317 Å². The maximum Gasteiger partial charge on any atom is 0.416 e. The molecule has 0 aliphatic heterocycles. The van der Waals surface area contributed by atoms with Crippen LogP contribution in [0.2, 0.25) is 0 Å². The Bertz CT molecular complexity index is 2060. The standard InChI is InChI=1S/C40H36F6N2O8/c1-5-54-36(52)38(37(53)55-6-2,26-10-8-7-9-11-26)23-56-33(49)20-25-14-18-29(22-32(25)35(51)48(3)4)47-34(50)30-19-17-28(40(44,45)46)21-31(30)24-12-15-27(16-13-24)39(41,42)43/h7-19,21-22H,5-6,20,23H2,1-4H3,(H,47,50). The fraction of sp³-hybridized carbons (Fsp3) is 0.275. The van der Waals surface area contributed by atoms with Crippen molar-refractivity contribution in [1.82, 2.24) is 4.90 Å². The van der Waals surface area contributed by atoms with Crippen molar-refractivity contribution in [2.24, 2.45) is 0 Å². The minimum absolute atomic E-state index is 0.0247. The van der Waals surface area contributed by atoms with E-state index in [4.69, 9.17) is 14.2 Å². The molecule has 4 aromatic carbocycles. The third-order valence-electron chi connectivity index (χ3n) is 8.42. The smallest absolute Gasteiger partial charge is 0.416 e. The second-order valence-corrected chi connectivity index (χ2v) is 12.4. The summed E-state index contributed by atoms with van der Waals surface area (Å²) in [6, 6.07) is 17.0. The van der Waals surface area contributed by atoms with Crippen molar-refractivity contribution < 1.29 is 64.5 Å². The molecule has 0 saturated carbocycles. The molecular weight excluding hydrogens is 750 g/mol. The van der Waals surface area contributed by atoms with Gasteiger partial charge in [0.2, 0.25) is 5.41 Å². The van der Waals surface area contributed by atoms with E-state index < -0.39 is 71.6 Å². The van der Waals surface area contributed by atoms with E-state index in [1.807, 2.05) is 0 Å². The fourth-order valence-electron chi connectivity index (χ4n) is 5.59. The Kier molecular flexibility index (Phi) is 13.3. The Balaban J connectivity index is 1.66. The number of rotatable bonds is 13. The molecule has 2 amide bonds. The van der Waals surface area contributed by atoms with Crippen LogP contribution in [0.5, 0.6) is 0 Å². The van der Waals surface area contributed by atoms with Crippen LogP contribution >= 0.6 is 0 Å². The number of ether oxygens (including phenoxy) is 3. The molecule has 0 radical (unpaired) electrons. The van der Waals surface area contributed by atoms with Gasteiger partial charge in [0.1, 0.15) is 6.61 Å². The number of anilines is 1. The van der Waals surface area contributed by atoms with Gasteiger partial charge in [-0.3, -0.25) is 24.0 Å². The molecule has 0 bridgehead atoms. The number of esters is 3. The largest absolute Gasteiger partial charge is 0.465 e. The summed E-state index contributed by atoms with van der Waals surface area (Å²) < 4.78 is 96.4. The lowest BCUT2D eigenvalue weighted by molar-refractivity contribution is -0.170. The Morgan fingerprint density at radius 2 is 1.21 bits per heavy atom. The van der Waals surface area contributed by atoms with E-state index in [1.165, 1.54) is 63.2 Å². The van der Waals surface area contributed by atoms with E-state index >= 15 is 0 Å². The topological polar surface area (TPSA) is 128 Å². The molecule has 56 heavy (non-hydrogen) atoms. The van der Waals surface area contributed by atoms with Crippen molar-refractivity contribution in [2.75, 3.05) is 39.2 Å². The van der Waals surface area contributed by atoms with Gasteiger partial charge in [0.15, 0.2) is 0 Å². The predicted molar refractivity (Wildman–Crippen MR) is 190 cm³/mol. The van der Waals surface area contributed by atoms with Crippen molar-refractivity contribution in [1.29, 1.82) is 0 Å². The van der Waals surface area contributed by atoms with E-state index in [-0.39, 0.29) is 52.3 Å². The monoisotopic (exact) mass is 786 g/mol. The maximum absolute atomic E-state index is 13.7. The van der Waals surface area contributed by atoms with Crippen molar-refractivity contribution >= 4 is 35.4 Å². The van der Waals surface area contributed by atoms with Gasteiger partial charge in [0.25, 0.3) is 11.8 Å². The molecule has 0 heterocycles. The first kappa shape index (κ1) is 42.6. The fourth-order valence-corrected chi connectivity index (χ4v) is 5.59. The minimum atomic E-state index is -4.84. The first-order chi connectivity index (χ1) is 26.3. The summed E-state index contributed by atoms with van der Waals surface area (Å²) in [5.41, 5.74) is -4.99. The Hall–Kier alpha value is -6.19. The average molecular weight is 787 g/mol. The van der Waals surface area contributed by atoms with E-state index in [2.05, 4.69) is 5.32 Å². The summed E-state index contributed by atoms with van der Waals surface area (Å²) in [6.07, 6.45) is -10.1. The normalized spacial score (nSPS) is 11.7. The molecule has 0 aromatic heterocycles. The Morgan fingerprint density at radius 1 is 0.643 bits per heavy atom. The van der Waals surface area contributed by atoms with Gasteiger partial charge in [0.05, 0.1) is 30.8 Å². The number of nitrogens with one attached hydrogen (secondary N) is 1. The molecule has 4 aromatic rings. The van der Waals surface area contributed by atoms with Crippen LogP contribution in [0.15, 0.2) is 91.0 Å². The number of nitrogens with zero attached hydrogens (tertiary/aromatic N) is 1. The zero-order valence-corrected chi connectivity index (χ0v) is 30.5. The highest BCUT2D eigenvalue weighted by atomic mass is 19.4. The zero-order chi connectivity index (χ0) is 41.4.